The van der Waals surface area contributed by atoms with E-state index in [9.17, 15) is 0 Å². The van der Waals surface area contributed by atoms with Crippen LogP contribution in [0.4, 0.5) is 0 Å². The van der Waals surface area contributed by atoms with Gasteiger partial charge in [-0.15, -0.1) is 0 Å². The van der Waals surface area contributed by atoms with Gasteiger partial charge in [0, 0.05) is 38.8 Å². The molecular weight excluding hydrogens is 292 g/mol. The molecule has 2 atom stereocenters. The first-order valence-electron chi connectivity index (χ1n) is 6.68. The number of aromatic nitrogens is 2. The lowest BCUT2D eigenvalue weighted by Crippen LogP contribution is -2.54. The molecule has 0 radical (unpaired) electrons. The van der Waals surface area contributed by atoms with Crippen molar-refractivity contribution in [3.05, 3.63) is 15.9 Å². The van der Waals surface area contributed by atoms with Crippen molar-refractivity contribution >= 4 is 15.9 Å². The number of hydrogen-bond donors (Lipinski definition) is 1. The molecule has 0 aliphatic carbocycles. The lowest BCUT2D eigenvalue weighted by molar-refractivity contribution is 0.128. The Morgan fingerprint density at radius 2 is 2.22 bits per heavy atom. The van der Waals surface area contributed by atoms with E-state index in [4.69, 9.17) is 0 Å². The van der Waals surface area contributed by atoms with E-state index in [2.05, 4.69) is 45.1 Å². The molecule has 0 aromatic carbocycles. The lowest BCUT2D eigenvalue weighted by atomic mass is 10.1. The zero-order valence-corrected chi connectivity index (χ0v) is 13.3. The Labute approximate surface area is 118 Å². The van der Waals surface area contributed by atoms with Crippen molar-refractivity contribution in [3.63, 3.8) is 0 Å². The zero-order chi connectivity index (χ0) is 13.3. The van der Waals surface area contributed by atoms with Gasteiger partial charge in [0.15, 0.2) is 0 Å². The second-order valence-corrected chi connectivity index (χ2v) is 6.05. The largest absolute Gasteiger partial charge is 0.311 e. The van der Waals surface area contributed by atoms with Gasteiger partial charge in [-0.05, 0) is 36.2 Å². The predicted octanol–water partition coefficient (Wildman–Crippen LogP) is 2.06. The van der Waals surface area contributed by atoms with Crippen LogP contribution in [0.15, 0.2) is 4.47 Å². The Morgan fingerprint density at radius 1 is 1.50 bits per heavy atom. The van der Waals surface area contributed by atoms with Crippen molar-refractivity contribution in [3.8, 4) is 0 Å². The third-order valence-electron chi connectivity index (χ3n) is 3.89. The maximum Gasteiger partial charge on any atom is 0.0739 e. The first kappa shape index (κ1) is 14.0. The second kappa shape index (κ2) is 5.72. The highest BCUT2D eigenvalue weighted by Crippen LogP contribution is 2.23. The average Bonchev–Trinajstić information content (AvgIpc) is 2.58. The summed E-state index contributed by atoms with van der Waals surface area (Å²) >= 11 is 3.65. The zero-order valence-electron chi connectivity index (χ0n) is 11.7. The van der Waals surface area contributed by atoms with E-state index in [1.165, 1.54) is 12.1 Å². The fourth-order valence-corrected chi connectivity index (χ4v) is 2.99. The number of nitrogens with zero attached hydrogens (tertiary/aromatic N) is 3. The van der Waals surface area contributed by atoms with Gasteiger partial charge in [-0.2, -0.15) is 5.10 Å². The van der Waals surface area contributed by atoms with Crippen LogP contribution in [0.1, 0.15) is 31.7 Å². The van der Waals surface area contributed by atoms with Crippen LogP contribution < -0.4 is 5.32 Å². The summed E-state index contributed by atoms with van der Waals surface area (Å²) in [5, 5.41) is 8.06. The number of nitrogens with one attached hydrogen (secondary N) is 1. The van der Waals surface area contributed by atoms with Crippen molar-refractivity contribution in [1.82, 2.24) is 20.0 Å². The van der Waals surface area contributed by atoms with Crippen LogP contribution in [0, 0.1) is 6.92 Å². The van der Waals surface area contributed by atoms with Crippen molar-refractivity contribution in [1.29, 1.82) is 0 Å². The monoisotopic (exact) mass is 314 g/mol. The Bertz CT molecular complexity index is 415. The number of halogens is 1. The standard InChI is InChI=1S/C13H23BrN4/c1-5-11-7-18(9(2)6-15-11)8-12-13(14)10(3)16-17(12)4/h9,11,15H,5-8H2,1-4H3. The first-order chi connectivity index (χ1) is 8.52. The summed E-state index contributed by atoms with van der Waals surface area (Å²) in [5.41, 5.74) is 2.35. The van der Waals surface area contributed by atoms with Crippen LogP contribution >= 0.6 is 15.9 Å². The van der Waals surface area contributed by atoms with Gasteiger partial charge in [0.05, 0.1) is 15.9 Å². The minimum Gasteiger partial charge on any atom is -0.311 e. The van der Waals surface area contributed by atoms with Gasteiger partial charge in [-0.25, -0.2) is 0 Å². The molecule has 1 N–H and O–H groups in total. The second-order valence-electron chi connectivity index (χ2n) is 5.26. The van der Waals surface area contributed by atoms with E-state index in [-0.39, 0.29) is 0 Å². The molecule has 0 saturated carbocycles. The number of rotatable bonds is 3. The number of piperazine rings is 1. The average molecular weight is 315 g/mol. The summed E-state index contributed by atoms with van der Waals surface area (Å²) in [7, 11) is 2.03. The summed E-state index contributed by atoms with van der Waals surface area (Å²) in [5.74, 6) is 0. The first-order valence-corrected chi connectivity index (χ1v) is 7.47. The maximum atomic E-state index is 4.47. The van der Waals surface area contributed by atoms with Crippen LogP contribution in [0.3, 0.4) is 0 Å². The molecule has 2 heterocycles. The molecular formula is C13H23BrN4. The smallest absolute Gasteiger partial charge is 0.0739 e. The Kier molecular flexibility index (Phi) is 4.45. The highest BCUT2D eigenvalue weighted by molar-refractivity contribution is 9.10. The summed E-state index contributed by atoms with van der Waals surface area (Å²) in [6.45, 7) is 9.74. The number of aryl methyl sites for hydroxylation is 2. The van der Waals surface area contributed by atoms with E-state index >= 15 is 0 Å². The van der Waals surface area contributed by atoms with Gasteiger partial charge in [-0.3, -0.25) is 9.58 Å². The van der Waals surface area contributed by atoms with E-state index in [0.717, 1.165) is 29.8 Å². The molecule has 0 amide bonds. The molecule has 1 aliphatic heterocycles. The van der Waals surface area contributed by atoms with Gasteiger partial charge in [0.2, 0.25) is 0 Å². The summed E-state index contributed by atoms with van der Waals surface area (Å²) in [6, 6.07) is 1.20. The van der Waals surface area contributed by atoms with Crippen molar-refractivity contribution in [2.24, 2.45) is 7.05 Å². The molecule has 0 bridgehead atoms. The molecule has 1 aromatic heterocycles. The van der Waals surface area contributed by atoms with Crippen LogP contribution in [-0.2, 0) is 13.6 Å². The van der Waals surface area contributed by atoms with E-state index in [1.807, 2.05) is 18.7 Å². The molecule has 2 unspecified atom stereocenters. The van der Waals surface area contributed by atoms with Gasteiger partial charge in [0.25, 0.3) is 0 Å². The third kappa shape index (κ3) is 2.78. The predicted molar refractivity (Wildman–Crippen MR) is 77.6 cm³/mol. The van der Waals surface area contributed by atoms with E-state index in [1.54, 1.807) is 0 Å². The molecule has 0 spiro atoms. The van der Waals surface area contributed by atoms with Gasteiger partial charge >= 0.3 is 0 Å². The van der Waals surface area contributed by atoms with Gasteiger partial charge in [-0.1, -0.05) is 6.92 Å². The topological polar surface area (TPSA) is 33.1 Å². The minimum atomic E-state index is 0.579. The van der Waals surface area contributed by atoms with Crippen molar-refractivity contribution in [2.75, 3.05) is 13.1 Å². The molecule has 1 aromatic rings. The summed E-state index contributed by atoms with van der Waals surface area (Å²) in [6.07, 6.45) is 1.19. The Balaban J connectivity index is 2.11. The normalized spacial score (nSPS) is 25.6. The quantitative estimate of drug-likeness (QED) is 0.927. The van der Waals surface area contributed by atoms with E-state index < -0.39 is 0 Å². The molecule has 2 rings (SSSR count). The van der Waals surface area contributed by atoms with E-state index in [0.29, 0.717) is 12.1 Å². The van der Waals surface area contributed by atoms with Gasteiger partial charge < -0.3 is 5.32 Å². The molecule has 5 heteroatoms. The van der Waals surface area contributed by atoms with Crippen LogP contribution in [0.25, 0.3) is 0 Å². The fourth-order valence-electron chi connectivity index (χ4n) is 2.53. The minimum absolute atomic E-state index is 0.579. The molecule has 1 saturated heterocycles. The summed E-state index contributed by atoms with van der Waals surface area (Å²) < 4.78 is 3.15. The van der Waals surface area contributed by atoms with Crippen LogP contribution in [-0.4, -0.2) is 39.9 Å². The molecule has 4 nitrogen and oxygen atoms in total. The molecule has 18 heavy (non-hydrogen) atoms. The number of hydrogen-bond acceptors (Lipinski definition) is 3. The lowest BCUT2D eigenvalue weighted by Gasteiger charge is -2.38. The molecule has 1 fully saturated rings. The maximum absolute atomic E-state index is 4.47. The Hall–Kier alpha value is -0.390. The molecule has 1 aliphatic rings. The van der Waals surface area contributed by atoms with Crippen molar-refractivity contribution < 1.29 is 0 Å². The molecule has 102 valence electrons. The van der Waals surface area contributed by atoms with Crippen LogP contribution in [0.5, 0.6) is 0 Å². The highest BCUT2D eigenvalue weighted by Gasteiger charge is 2.25. The van der Waals surface area contributed by atoms with Crippen molar-refractivity contribution in [2.45, 2.75) is 45.8 Å². The third-order valence-corrected chi connectivity index (χ3v) is 4.92. The Morgan fingerprint density at radius 3 is 2.78 bits per heavy atom. The summed E-state index contributed by atoms with van der Waals surface area (Å²) in [4.78, 5) is 2.55. The van der Waals surface area contributed by atoms with Gasteiger partial charge in [0.1, 0.15) is 0 Å². The SMILES string of the molecule is CCC1CN(Cc2c(Br)c(C)nn2C)C(C)CN1. The fraction of sp³-hybridized carbons (Fsp3) is 0.769. The van der Waals surface area contributed by atoms with Crippen LogP contribution in [0.2, 0.25) is 0 Å². The highest BCUT2D eigenvalue weighted by atomic mass is 79.9.